The fourth-order valence-electron chi connectivity index (χ4n) is 3.07. The summed E-state index contributed by atoms with van der Waals surface area (Å²) in [4.78, 5) is 36.5. The fraction of sp³-hybridized carbons (Fsp3) is 0.263. The summed E-state index contributed by atoms with van der Waals surface area (Å²) in [5.41, 5.74) is 1.15. The number of piperazine rings is 1. The van der Waals surface area contributed by atoms with E-state index in [2.05, 4.69) is 20.2 Å². The molecule has 0 aliphatic carbocycles. The summed E-state index contributed by atoms with van der Waals surface area (Å²) < 4.78 is 1.79. The highest BCUT2D eigenvalue weighted by Crippen LogP contribution is 2.22. The van der Waals surface area contributed by atoms with Gasteiger partial charge in [-0.25, -0.2) is 4.98 Å². The van der Waals surface area contributed by atoms with E-state index < -0.39 is 0 Å². The first-order valence-electron chi connectivity index (χ1n) is 9.23. The molecule has 1 aromatic carbocycles. The lowest BCUT2D eigenvalue weighted by atomic mass is 10.3. The van der Waals surface area contributed by atoms with Crippen molar-refractivity contribution in [1.29, 1.82) is 0 Å². The van der Waals surface area contributed by atoms with Crippen molar-refractivity contribution in [2.24, 2.45) is 0 Å². The zero-order valence-corrected chi connectivity index (χ0v) is 17.5. The van der Waals surface area contributed by atoms with Crippen LogP contribution in [0.2, 0.25) is 5.02 Å². The number of hydrogen-bond acceptors (Lipinski definition) is 7. The third-order valence-electron chi connectivity index (χ3n) is 4.63. The number of hydrogen-bond donors (Lipinski definition) is 0. The summed E-state index contributed by atoms with van der Waals surface area (Å²) in [5, 5.41) is 9.28. The van der Waals surface area contributed by atoms with E-state index in [0.717, 1.165) is 5.69 Å². The summed E-state index contributed by atoms with van der Waals surface area (Å²) in [6.07, 6.45) is 6.06. The van der Waals surface area contributed by atoms with Crippen molar-refractivity contribution in [2.75, 3.05) is 31.9 Å². The van der Waals surface area contributed by atoms with Crippen LogP contribution >= 0.6 is 23.4 Å². The second kappa shape index (κ2) is 9.23. The standard InChI is InChI=1S/C19H18ClN7O2S/c20-14-2-1-3-15(10-14)27-13-23-24-19(27)30-12-17(28)25-6-8-26(9-7-25)18(29)16-11-21-4-5-22-16/h1-5,10-11,13H,6-9,12H2. The van der Waals surface area contributed by atoms with Crippen LogP contribution in [0.4, 0.5) is 0 Å². The van der Waals surface area contributed by atoms with Crippen LogP contribution < -0.4 is 0 Å². The molecule has 11 heteroatoms. The van der Waals surface area contributed by atoms with Gasteiger partial charge in [0.05, 0.1) is 17.6 Å². The summed E-state index contributed by atoms with van der Waals surface area (Å²) in [5.74, 6) is 0.0589. The lowest BCUT2D eigenvalue weighted by molar-refractivity contribution is -0.129. The van der Waals surface area contributed by atoms with Gasteiger partial charge < -0.3 is 9.80 Å². The number of carbonyl (C=O) groups is 2. The first kappa shape index (κ1) is 20.3. The topological polar surface area (TPSA) is 97.1 Å². The normalized spacial score (nSPS) is 14.0. The minimum absolute atomic E-state index is 0.00718. The molecule has 0 radical (unpaired) electrons. The molecule has 3 aromatic rings. The molecule has 1 aliphatic heterocycles. The lowest BCUT2D eigenvalue weighted by Crippen LogP contribution is -2.51. The van der Waals surface area contributed by atoms with Gasteiger partial charge in [-0.3, -0.25) is 19.1 Å². The Morgan fingerprint density at radius 3 is 2.63 bits per heavy atom. The van der Waals surface area contributed by atoms with Gasteiger partial charge in [-0.1, -0.05) is 29.4 Å². The Hall–Kier alpha value is -2.98. The average Bonchev–Trinajstić information content (AvgIpc) is 3.26. The maximum atomic E-state index is 12.6. The first-order chi connectivity index (χ1) is 14.6. The molecular weight excluding hydrogens is 426 g/mol. The molecule has 9 nitrogen and oxygen atoms in total. The number of nitrogens with zero attached hydrogens (tertiary/aromatic N) is 7. The van der Waals surface area contributed by atoms with E-state index in [1.807, 2.05) is 18.2 Å². The predicted molar refractivity (Wildman–Crippen MR) is 112 cm³/mol. The molecular formula is C19H18ClN7O2S. The molecule has 154 valence electrons. The zero-order chi connectivity index (χ0) is 20.9. The van der Waals surface area contributed by atoms with Gasteiger partial charge in [0.25, 0.3) is 5.91 Å². The largest absolute Gasteiger partial charge is 0.338 e. The van der Waals surface area contributed by atoms with Crippen molar-refractivity contribution in [3.63, 3.8) is 0 Å². The van der Waals surface area contributed by atoms with Gasteiger partial charge in [0.15, 0.2) is 5.16 Å². The van der Waals surface area contributed by atoms with Crippen LogP contribution in [0.1, 0.15) is 10.5 Å². The van der Waals surface area contributed by atoms with Gasteiger partial charge in [0, 0.05) is 43.6 Å². The Balaban J connectivity index is 1.31. The maximum Gasteiger partial charge on any atom is 0.274 e. The van der Waals surface area contributed by atoms with Crippen molar-refractivity contribution < 1.29 is 9.59 Å². The number of benzene rings is 1. The quantitative estimate of drug-likeness (QED) is 0.554. The second-order valence-corrected chi connectivity index (χ2v) is 7.89. The smallest absolute Gasteiger partial charge is 0.274 e. The van der Waals surface area contributed by atoms with E-state index >= 15 is 0 Å². The van der Waals surface area contributed by atoms with Crippen molar-refractivity contribution in [2.45, 2.75) is 5.16 Å². The van der Waals surface area contributed by atoms with Gasteiger partial charge in [-0.05, 0) is 18.2 Å². The van der Waals surface area contributed by atoms with Gasteiger partial charge in [-0.15, -0.1) is 10.2 Å². The first-order valence-corrected chi connectivity index (χ1v) is 10.6. The monoisotopic (exact) mass is 443 g/mol. The molecule has 0 atom stereocenters. The third-order valence-corrected chi connectivity index (χ3v) is 5.79. The van der Waals surface area contributed by atoms with E-state index in [1.165, 1.54) is 30.4 Å². The number of thioether (sulfide) groups is 1. The van der Waals surface area contributed by atoms with Crippen molar-refractivity contribution in [3.8, 4) is 5.69 Å². The molecule has 0 bridgehead atoms. The average molecular weight is 444 g/mol. The molecule has 0 spiro atoms. The van der Waals surface area contributed by atoms with Gasteiger partial charge in [0.1, 0.15) is 12.0 Å². The molecule has 1 saturated heterocycles. The zero-order valence-electron chi connectivity index (χ0n) is 15.9. The van der Waals surface area contributed by atoms with Crippen LogP contribution in [0, 0.1) is 0 Å². The summed E-state index contributed by atoms with van der Waals surface area (Å²) in [6.45, 7) is 1.88. The molecule has 1 aliphatic rings. The molecule has 0 saturated carbocycles. The number of aromatic nitrogens is 5. The number of amides is 2. The Morgan fingerprint density at radius 1 is 1.10 bits per heavy atom. The van der Waals surface area contributed by atoms with Gasteiger partial charge in [-0.2, -0.15) is 0 Å². The van der Waals surface area contributed by atoms with Crippen LogP contribution in [-0.2, 0) is 4.79 Å². The van der Waals surface area contributed by atoms with Crippen molar-refractivity contribution in [1.82, 2.24) is 34.5 Å². The summed E-state index contributed by atoms with van der Waals surface area (Å²) in [7, 11) is 0. The number of rotatable bonds is 5. The number of halogens is 1. The van der Waals surface area contributed by atoms with Gasteiger partial charge in [0.2, 0.25) is 5.91 Å². The highest BCUT2D eigenvalue weighted by Gasteiger charge is 2.25. The van der Waals surface area contributed by atoms with Crippen LogP contribution in [0.3, 0.4) is 0 Å². The van der Waals surface area contributed by atoms with Crippen molar-refractivity contribution >= 4 is 35.2 Å². The Morgan fingerprint density at radius 2 is 1.90 bits per heavy atom. The highest BCUT2D eigenvalue weighted by atomic mass is 35.5. The molecule has 30 heavy (non-hydrogen) atoms. The van der Waals surface area contributed by atoms with Crippen LogP contribution in [0.5, 0.6) is 0 Å². The van der Waals surface area contributed by atoms with Crippen LogP contribution in [0.25, 0.3) is 5.69 Å². The van der Waals surface area contributed by atoms with E-state index in [-0.39, 0.29) is 17.6 Å². The number of carbonyl (C=O) groups excluding carboxylic acids is 2. The maximum absolute atomic E-state index is 12.6. The predicted octanol–water partition coefficient (Wildman–Crippen LogP) is 1.79. The Kier molecular flexibility index (Phi) is 6.24. The van der Waals surface area contributed by atoms with E-state index in [4.69, 9.17) is 11.6 Å². The van der Waals surface area contributed by atoms with Crippen LogP contribution in [-0.4, -0.2) is 78.3 Å². The van der Waals surface area contributed by atoms with Gasteiger partial charge >= 0.3 is 0 Å². The fourth-order valence-corrected chi connectivity index (χ4v) is 4.09. The summed E-state index contributed by atoms with van der Waals surface area (Å²) in [6, 6.07) is 7.35. The molecule has 0 unspecified atom stereocenters. The minimum Gasteiger partial charge on any atom is -0.338 e. The molecule has 2 amide bonds. The van der Waals surface area contributed by atoms with E-state index in [0.29, 0.717) is 42.1 Å². The molecule has 2 aromatic heterocycles. The summed E-state index contributed by atoms with van der Waals surface area (Å²) >= 11 is 7.38. The van der Waals surface area contributed by atoms with E-state index in [1.54, 1.807) is 26.8 Å². The van der Waals surface area contributed by atoms with Crippen molar-refractivity contribution in [3.05, 3.63) is 59.9 Å². The lowest BCUT2D eigenvalue weighted by Gasteiger charge is -2.34. The second-order valence-electron chi connectivity index (χ2n) is 6.52. The third kappa shape index (κ3) is 4.60. The molecule has 0 N–H and O–H groups in total. The SMILES string of the molecule is O=C(CSc1nncn1-c1cccc(Cl)c1)N1CCN(C(=O)c2cnccn2)CC1. The minimum atomic E-state index is -0.167. The molecule has 1 fully saturated rings. The highest BCUT2D eigenvalue weighted by molar-refractivity contribution is 7.99. The van der Waals surface area contributed by atoms with E-state index in [9.17, 15) is 9.59 Å². The molecule has 4 rings (SSSR count). The Bertz CT molecular complexity index is 1040. The Labute approximate surface area is 182 Å². The van der Waals surface area contributed by atoms with Crippen LogP contribution in [0.15, 0.2) is 54.3 Å². The molecule has 3 heterocycles.